The van der Waals surface area contributed by atoms with Crippen LogP contribution >= 0.6 is 0 Å². The quantitative estimate of drug-likeness (QED) is 0.172. The van der Waals surface area contributed by atoms with Crippen molar-refractivity contribution in [1.82, 2.24) is 4.90 Å². The van der Waals surface area contributed by atoms with E-state index in [-0.39, 0.29) is 6.04 Å². The summed E-state index contributed by atoms with van der Waals surface area (Å²) in [5, 5.41) is 0. The van der Waals surface area contributed by atoms with Gasteiger partial charge in [0, 0.05) is 13.0 Å². The summed E-state index contributed by atoms with van der Waals surface area (Å²) in [4.78, 5) is 14.2. The molecule has 2 rings (SSSR count). The first kappa shape index (κ1) is 24.8. The van der Waals surface area contributed by atoms with Crippen molar-refractivity contribution in [2.24, 2.45) is 0 Å². The summed E-state index contributed by atoms with van der Waals surface area (Å²) in [6.07, 6.45) is 21.1. The minimum atomic E-state index is 0.286. The Bertz CT molecular complexity index is 545. The van der Waals surface area contributed by atoms with Crippen molar-refractivity contribution in [3.05, 3.63) is 30.3 Å². The molecule has 1 aliphatic rings. The van der Waals surface area contributed by atoms with E-state index in [1.807, 2.05) is 35.2 Å². The van der Waals surface area contributed by atoms with Gasteiger partial charge in [-0.25, -0.2) is 0 Å². The number of unbranched alkanes of at least 4 members (excludes halogenated alkanes) is 14. The van der Waals surface area contributed by atoms with Crippen LogP contribution in [-0.4, -0.2) is 30.0 Å². The predicted octanol–water partition coefficient (Wildman–Crippen LogP) is 7.54. The fourth-order valence-corrected chi connectivity index (χ4v) is 4.13. The Kier molecular flexibility index (Phi) is 13.4. The summed E-state index contributed by atoms with van der Waals surface area (Å²) in [6.45, 7) is 3.77. The van der Waals surface area contributed by atoms with Gasteiger partial charge in [-0.2, -0.15) is 0 Å². The second-order valence-electron chi connectivity index (χ2n) is 9.02. The summed E-state index contributed by atoms with van der Waals surface area (Å²) >= 11 is 0. The van der Waals surface area contributed by atoms with Gasteiger partial charge in [-0.1, -0.05) is 115 Å². The molecule has 1 aromatic rings. The minimum absolute atomic E-state index is 0.286. The molecule has 1 amide bonds. The molecule has 1 atom stereocenters. The van der Waals surface area contributed by atoms with Gasteiger partial charge < -0.3 is 9.64 Å². The summed E-state index contributed by atoms with van der Waals surface area (Å²) < 4.78 is 5.75. The maximum Gasteiger partial charge on any atom is 0.223 e. The van der Waals surface area contributed by atoms with Gasteiger partial charge in [-0.05, 0) is 18.6 Å². The van der Waals surface area contributed by atoms with Crippen molar-refractivity contribution < 1.29 is 9.53 Å². The molecule has 0 N–H and O–H groups in total. The maximum absolute atomic E-state index is 12.2. The minimum Gasteiger partial charge on any atom is -0.491 e. The van der Waals surface area contributed by atoms with Crippen LogP contribution in [0.2, 0.25) is 0 Å². The van der Waals surface area contributed by atoms with E-state index in [9.17, 15) is 4.79 Å². The standard InChI is InChI=1S/C27H45NO2/c1-2-3-4-5-6-7-8-9-10-11-12-13-14-15-19-22-27(29)28-23-25(28)24-30-26-20-17-16-18-21-26/h16-18,20-21,25H,2-15,19,22-24H2,1H3. The predicted molar refractivity (Wildman–Crippen MR) is 127 cm³/mol. The topological polar surface area (TPSA) is 29.3 Å². The number of benzene rings is 1. The third-order valence-corrected chi connectivity index (χ3v) is 6.21. The molecule has 1 aromatic carbocycles. The van der Waals surface area contributed by atoms with Gasteiger partial charge in [0.15, 0.2) is 0 Å². The van der Waals surface area contributed by atoms with Crippen LogP contribution in [0.25, 0.3) is 0 Å². The molecule has 1 saturated heterocycles. The number of ether oxygens (including phenoxy) is 1. The van der Waals surface area contributed by atoms with Crippen LogP contribution in [0.3, 0.4) is 0 Å². The average Bonchev–Trinajstić information content (AvgIpc) is 3.55. The van der Waals surface area contributed by atoms with Gasteiger partial charge >= 0.3 is 0 Å². The highest BCUT2D eigenvalue weighted by atomic mass is 16.5. The lowest BCUT2D eigenvalue weighted by Crippen LogP contribution is -2.17. The zero-order valence-corrected chi connectivity index (χ0v) is 19.5. The lowest BCUT2D eigenvalue weighted by molar-refractivity contribution is -0.126. The van der Waals surface area contributed by atoms with Crippen molar-refractivity contribution in [2.45, 2.75) is 116 Å². The zero-order chi connectivity index (χ0) is 21.3. The Hall–Kier alpha value is -1.51. The summed E-state index contributed by atoms with van der Waals surface area (Å²) in [5.41, 5.74) is 0. The first-order valence-corrected chi connectivity index (χ1v) is 12.8. The third kappa shape index (κ3) is 11.6. The number of hydrogen-bond donors (Lipinski definition) is 0. The first-order valence-electron chi connectivity index (χ1n) is 12.8. The molecule has 0 radical (unpaired) electrons. The molecule has 170 valence electrons. The Labute approximate surface area is 185 Å². The van der Waals surface area contributed by atoms with Crippen LogP contribution < -0.4 is 4.74 Å². The third-order valence-electron chi connectivity index (χ3n) is 6.21. The van der Waals surface area contributed by atoms with Crippen LogP contribution in [0, 0.1) is 0 Å². The van der Waals surface area contributed by atoms with Gasteiger partial charge in [0.05, 0.1) is 6.04 Å². The van der Waals surface area contributed by atoms with Crippen molar-refractivity contribution in [3.63, 3.8) is 0 Å². The van der Waals surface area contributed by atoms with Crippen molar-refractivity contribution >= 4 is 5.91 Å². The molecule has 1 fully saturated rings. The molecule has 0 aromatic heterocycles. The number of nitrogens with zero attached hydrogens (tertiary/aromatic N) is 1. The van der Waals surface area contributed by atoms with Crippen molar-refractivity contribution in [1.29, 1.82) is 0 Å². The van der Waals surface area contributed by atoms with Crippen LogP contribution in [0.1, 0.15) is 110 Å². The van der Waals surface area contributed by atoms with Crippen molar-refractivity contribution in [3.8, 4) is 5.75 Å². The van der Waals surface area contributed by atoms with Crippen LogP contribution in [-0.2, 0) is 4.79 Å². The smallest absolute Gasteiger partial charge is 0.223 e. The van der Waals surface area contributed by atoms with E-state index < -0.39 is 0 Å². The largest absolute Gasteiger partial charge is 0.491 e. The van der Waals surface area contributed by atoms with E-state index in [0.717, 1.165) is 18.7 Å². The molecule has 1 heterocycles. The molecular formula is C27H45NO2. The lowest BCUT2D eigenvalue weighted by Gasteiger charge is -2.07. The average molecular weight is 416 g/mol. The number of amides is 1. The molecule has 3 heteroatoms. The monoisotopic (exact) mass is 415 g/mol. The Morgan fingerprint density at radius 1 is 0.800 bits per heavy atom. The van der Waals surface area contributed by atoms with E-state index in [1.54, 1.807) is 0 Å². The first-order chi connectivity index (χ1) is 14.8. The van der Waals surface area contributed by atoms with Crippen LogP contribution in [0.15, 0.2) is 30.3 Å². The number of para-hydroxylation sites is 1. The molecular weight excluding hydrogens is 370 g/mol. The Balaban J connectivity index is 1.31. The normalized spacial score (nSPS) is 15.4. The van der Waals surface area contributed by atoms with E-state index in [2.05, 4.69) is 6.92 Å². The number of carbonyl (C=O) groups is 1. The van der Waals surface area contributed by atoms with E-state index in [4.69, 9.17) is 4.74 Å². The molecule has 0 bridgehead atoms. The highest BCUT2D eigenvalue weighted by molar-refractivity contribution is 5.78. The summed E-state index contributed by atoms with van der Waals surface area (Å²) in [5.74, 6) is 1.20. The SMILES string of the molecule is CCCCCCCCCCCCCCCCCC(=O)N1CC1COc1ccccc1. The zero-order valence-electron chi connectivity index (χ0n) is 19.5. The van der Waals surface area contributed by atoms with Gasteiger partial charge in [0.25, 0.3) is 0 Å². The van der Waals surface area contributed by atoms with Gasteiger partial charge in [-0.15, -0.1) is 0 Å². The Morgan fingerprint density at radius 3 is 1.83 bits per heavy atom. The second kappa shape index (κ2) is 16.2. The fraction of sp³-hybridized carbons (Fsp3) is 0.741. The fourth-order valence-electron chi connectivity index (χ4n) is 4.13. The van der Waals surface area contributed by atoms with E-state index in [0.29, 0.717) is 18.9 Å². The number of carbonyl (C=O) groups excluding carboxylic acids is 1. The van der Waals surface area contributed by atoms with Crippen molar-refractivity contribution in [2.75, 3.05) is 13.2 Å². The highest BCUT2D eigenvalue weighted by Gasteiger charge is 2.38. The summed E-state index contributed by atoms with van der Waals surface area (Å²) in [7, 11) is 0. The molecule has 0 spiro atoms. The van der Waals surface area contributed by atoms with Crippen LogP contribution in [0.4, 0.5) is 0 Å². The maximum atomic E-state index is 12.2. The van der Waals surface area contributed by atoms with E-state index in [1.165, 1.54) is 89.9 Å². The molecule has 3 nitrogen and oxygen atoms in total. The van der Waals surface area contributed by atoms with Gasteiger partial charge in [-0.3, -0.25) is 4.79 Å². The summed E-state index contributed by atoms with van der Waals surface area (Å²) in [6, 6.07) is 10.1. The van der Waals surface area contributed by atoms with Gasteiger partial charge in [0.1, 0.15) is 12.4 Å². The van der Waals surface area contributed by atoms with Gasteiger partial charge in [0.2, 0.25) is 5.91 Å². The molecule has 0 saturated carbocycles. The molecule has 0 aliphatic carbocycles. The molecule has 30 heavy (non-hydrogen) atoms. The van der Waals surface area contributed by atoms with E-state index >= 15 is 0 Å². The van der Waals surface area contributed by atoms with Crippen LogP contribution in [0.5, 0.6) is 5.75 Å². The Morgan fingerprint density at radius 2 is 1.30 bits per heavy atom. The lowest BCUT2D eigenvalue weighted by atomic mass is 10.0. The molecule has 1 unspecified atom stereocenters. The highest BCUT2D eigenvalue weighted by Crippen LogP contribution is 2.22. The molecule has 1 aliphatic heterocycles. The number of hydrogen-bond acceptors (Lipinski definition) is 2. The number of rotatable bonds is 19. The second-order valence-corrected chi connectivity index (χ2v) is 9.02.